The maximum Gasteiger partial charge on any atom is 0.303 e. The molecule has 0 bridgehead atoms. The van der Waals surface area contributed by atoms with Gasteiger partial charge in [-0.15, -0.1) is 0 Å². The number of allylic oxidation sites excluding steroid dienone is 6. The third-order valence-corrected chi connectivity index (χ3v) is 3.01. The third-order valence-electron chi connectivity index (χ3n) is 3.01. The van der Waals surface area contributed by atoms with Gasteiger partial charge in [-0.2, -0.15) is 0 Å². The lowest BCUT2D eigenvalue weighted by Gasteiger charge is -1.91. The van der Waals surface area contributed by atoms with Crippen molar-refractivity contribution in [3.63, 3.8) is 0 Å². The Balaban J connectivity index is 3.30. The van der Waals surface area contributed by atoms with Gasteiger partial charge in [0.2, 0.25) is 0 Å². The summed E-state index contributed by atoms with van der Waals surface area (Å²) < 4.78 is 0. The van der Waals surface area contributed by atoms with Crippen LogP contribution in [-0.4, -0.2) is 11.1 Å². The van der Waals surface area contributed by atoms with Crippen LogP contribution in [0.4, 0.5) is 0 Å². The molecule has 0 aromatic rings. The van der Waals surface area contributed by atoms with Crippen molar-refractivity contribution >= 4 is 5.97 Å². The summed E-state index contributed by atoms with van der Waals surface area (Å²) in [6.07, 6.45) is 23.4. The van der Waals surface area contributed by atoms with Crippen LogP contribution < -0.4 is 0 Å². The first kappa shape index (κ1) is 18.7. The molecule has 0 heterocycles. The molecule has 2 nitrogen and oxygen atoms in total. The summed E-state index contributed by atoms with van der Waals surface area (Å²) in [7, 11) is 0. The zero-order chi connectivity index (χ0) is 14.9. The normalized spacial score (nSPS) is 12.1. The maximum atomic E-state index is 10.3. The van der Waals surface area contributed by atoms with E-state index in [0.717, 1.165) is 32.1 Å². The lowest BCUT2D eigenvalue weighted by atomic mass is 10.2. The number of rotatable bonds is 13. The highest BCUT2D eigenvalue weighted by Crippen LogP contribution is 2.02. The zero-order valence-corrected chi connectivity index (χ0v) is 12.9. The van der Waals surface area contributed by atoms with Gasteiger partial charge in [0.05, 0.1) is 0 Å². The molecule has 20 heavy (non-hydrogen) atoms. The van der Waals surface area contributed by atoms with Crippen molar-refractivity contribution in [3.8, 4) is 0 Å². The number of aliphatic carboxylic acids is 1. The molecule has 0 aromatic heterocycles. The minimum Gasteiger partial charge on any atom is -0.481 e. The van der Waals surface area contributed by atoms with E-state index >= 15 is 0 Å². The summed E-state index contributed by atoms with van der Waals surface area (Å²) >= 11 is 0. The van der Waals surface area contributed by atoms with Crippen LogP contribution in [0, 0.1) is 0 Å². The molecule has 0 aliphatic carbocycles. The molecule has 0 saturated heterocycles. The van der Waals surface area contributed by atoms with Crippen molar-refractivity contribution in [1.29, 1.82) is 0 Å². The molecule has 2 heteroatoms. The van der Waals surface area contributed by atoms with Gasteiger partial charge < -0.3 is 5.11 Å². The molecule has 0 radical (unpaired) electrons. The number of carboxylic acid groups (broad SMARTS) is 1. The molecule has 0 unspecified atom stereocenters. The van der Waals surface area contributed by atoms with Crippen LogP contribution in [0.25, 0.3) is 0 Å². The lowest BCUT2D eigenvalue weighted by molar-refractivity contribution is -0.137. The molecule has 0 spiro atoms. The quantitative estimate of drug-likeness (QED) is 0.348. The van der Waals surface area contributed by atoms with E-state index in [1.165, 1.54) is 25.7 Å². The Kier molecular flexibility index (Phi) is 14.7. The maximum absolute atomic E-state index is 10.3. The fourth-order valence-electron chi connectivity index (χ4n) is 1.82. The Bertz CT molecular complexity index is 301. The molecule has 0 atom stereocenters. The zero-order valence-electron chi connectivity index (χ0n) is 12.9. The van der Waals surface area contributed by atoms with Crippen LogP contribution >= 0.6 is 0 Å². The van der Waals surface area contributed by atoms with E-state index in [-0.39, 0.29) is 6.42 Å². The predicted molar refractivity (Wildman–Crippen MR) is 86.9 cm³/mol. The third kappa shape index (κ3) is 16.7. The second kappa shape index (κ2) is 15.7. The summed E-state index contributed by atoms with van der Waals surface area (Å²) in [6.45, 7) is 2.23. The van der Waals surface area contributed by atoms with Gasteiger partial charge in [0.15, 0.2) is 0 Å². The van der Waals surface area contributed by atoms with Gasteiger partial charge in [0, 0.05) is 6.42 Å². The number of unbranched alkanes of at least 4 members (excludes halogenated alkanes) is 5. The Morgan fingerprint density at radius 1 is 0.800 bits per heavy atom. The summed E-state index contributed by atoms with van der Waals surface area (Å²) in [5.74, 6) is -0.705. The van der Waals surface area contributed by atoms with Crippen molar-refractivity contribution in [3.05, 3.63) is 36.5 Å². The number of carboxylic acids is 1. The Morgan fingerprint density at radius 2 is 1.35 bits per heavy atom. The van der Waals surface area contributed by atoms with Crippen LogP contribution in [0.2, 0.25) is 0 Å². The highest BCUT2D eigenvalue weighted by Gasteiger charge is 1.92. The smallest absolute Gasteiger partial charge is 0.303 e. The van der Waals surface area contributed by atoms with Gasteiger partial charge >= 0.3 is 5.97 Å². The fraction of sp³-hybridized carbons (Fsp3) is 0.611. The van der Waals surface area contributed by atoms with Crippen LogP contribution in [0.1, 0.15) is 71.1 Å². The fourth-order valence-corrected chi connectivity index (χ4v) is 1.82. The number of hydrogen-bond acceptors (Lipinski definition) is 1. The average molecular weight is 278 g/mol. The van der Waals surface area contributed by atoms with Crippen LogP contribution in [-0.2, 0) is 4.79 Å². The SMILES string of the molecule is CCCCC/C=C\C/C=C\CCC=CCCCC(=O)O. The molecule has 0 aliphatic heterocycles. The standard InChI is InChI=1S/C18H30O2/c1-2-3-4-5-6-7-8-9-10-11-12-13-14-15-16-17-18(19)20/h6-7,9-10,13-14H,2-5,8,11-12,15-17H2,1H3,(H,19,20)/b7-6-,10-9-,14-13?. The minimum atomic E-state index is -0.705. The van der Waals surface area contributed by atoms with E-state index in [0.29, 0.717) is 0 Å². The summed E-state index contributed by atoms with van der Waals surface area (Å²) in [5, 5.41) is 8.48. The number of carbonyl (C=O) groups is 1. The van der Waals surface area contributed by atoms with E-state index < -0.39 is 5.97 Å². The van der Waals surface area contributed by atoms with Gasteiger partial charge in [-0.05, 0) is 44.9 Å². The van der Waals surface area contributed by atoms with E-state index in [1.54, 1.807) is 0 Å². The first-order valence-electron chi connectivity index (χ1n) is 7.94. The molecular weight excluding hydrogens is 248 g/mol. The number of hydrogen-bond donors (Lipinski definition) is 1. The molecule has 114 valence electrons. The van der Waals surface area contributed by atoms with Crippen molar-refractivity contribution < 1.29 is 9.90 Å². The van der Waals surface area contributed by atoms with E-state index in [2.05, 4.69) is 43.4 Å². The molecule has 1 N–H and O–H groups in total. The molecule has 0 aliphatic rings. The summed E-state index contributed by atoms with van der Waals surface area (Å²) in [5.41, 5.74) is 0. The highest BCUT2D eigenvalue weighted by molar-refractivity contribution is 5.66. The predicted octanol–water partition coefficient (Wildman–Crippen LogP) is 5.66. The van der Waals surface area contributed by atoms with Crippen LogP contribution in [0.15, 0.2) is 36.5 Å². The molecule has 0 aromatic carbocycles. The van der Waals surface area contributed by atoms with Crippen molar-refractivity contribution in [2.45, 2.75) is 71.1 Å². The molecule has 0 amide bonds. The highest BCUT2D eigenvalue weighted by atomic mass is 16.4. The van der Waals surface area contributed by atoms with Gasteiger partial charge in [-0.25, -0.2) is 0 Å². The average Bonchev–Trinajstić information content (AvgIpc) is 2.43. The first-order valence-corrected chi connectivity index (χ1v) is 7.94. The lowest BCUT2D eigenvalue weighted by Crippen LogP contribution is -1.92. The molecule has 0 saturated carbocycles. The van der Waals surface area contributed by atoms with E-state index in [4.69, 9.17) is 5.11 Å². The van der Waals surface area contributed by atoms with Crippen molar-refractivity contribution in [2.24, 2.45) is 0 Å². The Morgan fingerprint density at radius 3 is 2.00 bits per heavy atom. The van der Waals surface area contributed by atoms with Crippen LogP contribution in [0.5, 0.6) is 0 Å². The van der Waals surface area contributed by atoms with Gasteiger partial charge in [-0.1, -0.05) is 56.2 Å². The van der Waals surface area contributed by atoms with Gasteiger partial charge in [-0.3, -0.25) is 4.79 Å². The largest absolute Gasteiger partial charge is 0.481 e. The Hall–Kier alpha value is -1.31. The monoisotopic (exact) mass is 278 g/mol. The molecule has 0 fully saturated rings. The van der Waals surface area contributed by atoms with Crippen molar-refractivity contribution in [1.82, 2.24) is 0 Å². The van der Waals surface area contributed by atoms with Crippen molar-refractivity contribution in [2.75, 3.05) is 0 Å². The topological polar surface area (TPSA) is 37.3 Å². The summed E-state index contributed by atoms with van der Waals surface area (Å²) in [4.78, 5) is 10.3. The van der Waals surface area contributed by atoms with Gasteiger partial charge in [0.25, 0.3) is 0 Å². The molecular formula is C18H30O2. The van der Waals surface area contributed by atoms with E-state index in [1.807, 2.05) is 0 Å². The van der Waals surface area contributed by atoms with Gasteiger partial charge in [0.1, 0.15) is 0 Å². The second-order valence-electron chi connectivity index (χ2n) is 5.01. The Labute approximate surface area is 124 Å². The van der Waals surface area contributed by atoms with E-state index in [9.17, 15) is 4.79 Å². The second-order valence-corrected chi connectivity index (χ2v) is 5.01. The first-order chi connectivity index (χ1) is 9.77. The minimum absolute atomic E-state index is 0.273. The van der Waals surface area contributed by atoms with Crippen LogP contribution in [0.3, 0.4) is 0 Å². The molecule has 0 rings (SSSR count). The summed E-state index contributed by atoms with van der Waals surface area (Å²) in [6, 6.07) is 0.